The average molecular weight is 436 g/mol. The molecule has 3 aromatic rings. The Balaban J connectivity index is 1.30. The SMILES string of the molecule is COc1ccc(CN[C@@H]2CCN(c3ccc(C(=O)Nc4ccc(F)cc4)cn3)C2)c(O)c1. The van der Waals surface area contributed by atoms with Crippen molar-refractivity contribution in [2.24, 2.45) is 0 Å². The zero-order chi connectivity index (χ0) is 22.5. The van der Waals surface area contributed by atoms with Crippen molar-refractivity contribution in [3.05, 3.63) is 77.7 Å². The summed E-state index contributed by atoms with van der Waals surface area (Å²) in [5.74, 6) is 0.992. The van der Waals surface area contributed by atoms with Gasteiger partial charge in [-0.15, -0.1) is 0 Å². The highest BCUT2D eigenvalue weighted by atomic mass is 19.1. The first-order chi connectivity index (χ1) is 15.5. The smallest absolute Gasteiger partial charge is 0.257 e. The van der Waals surface area contributed by atoms with Gasteiger partial charge in [0, 0.05) is 49.2 Å². The van der Waals surface area contributed by atoms with Gasteiger partial charge in [0.15, 0.2) is 0 Å². The number of nitrogens with zero attached hydrogens (tertiary/aromatic N) is 2. The fourth-order valence-electron chi connectivity index (χ4n) is 3.65. The lowest BCUT2D eigenvalue weighted by atomic mass is 10.1. The molecule has 0 aliphatic carbocycles. The number of aromatic nitrogens is 1. The molecule has 0 radical (unpaired) electrons. The number of ether oxygens (including phenoxy) is 1. The van der Waals surface area contributed by atoms with Crippen molar-refractivity contribution in [2.75, 3.05) is 30.4 Å². The number of nitrogens with one attached hydrogen (secondary N) is 2. The Bertz CT molecular complexity index is 1070. The number of phenolic OH excluding ortho intramolecular Hbond substituents is 1. The standard InChI is InChI=1S/C24H25FN4O3/c1-32-21-8-2-16(22(30)12-21)13-26-20-10-11-29(15-20)23-9-3-17(14-27-23)24(31)28-19-6-4-18(25)5-7-19/h2-9,12,14,20,26,30H,10-11,13,15H2,1H3,(H,28,31)/t20-/m1/s1. The van der Waals surface area contributed by atoms with E-state index in [0.29, 0.717) is 23.5 Å². The minimum absolute atomic E-state index is 0.211. The van der Waals surface area contributed by atoms with Crippen LogP contribution in [0.25, 0.3) is 0 Å². The number of amides is 1. The van der Waals surface area contributed by atoms with Gasteiger partial charge in [-0.3, -0.25) is 4.79 Å². The van der Waals surface area contributed by atoms with Crippen LogP contribution >= 0.6 is 0 Å². The van der Waals surface area contributed by atoms with E-state index in [1.54, 1.807) is 25.4 Å². The Morgan fingerprint density at radius 1 is 1.22 bits per heavy atom. The number of aromatic hydroxyl groups is 1. The number of phenols is 1. The van der Waals surface area contributed by atoms with Gasteiger partial charge in [0.25, 0.3) is 5.91 Å². The average Bonchev–Trinajstić information content (AvgIpc) is 3.29. The van der Waals surface area contributed by atoms with E-state index >= 15 is 0 Å². The summed E-state index contributed by atoms with van der Waals surface area (Å²) in [4.78, 5) is 19.0. The van der Waals surface area contributed by atoms with Gasteiger partial charge in [-0.1, -0.05) is 6.07 Å². The fourth-order valence-corrected chi connectivity index (χ4v) is 3.65. The van der Waals surface area contributed by atoms with Crippen LogP contribution < -0.4 is 20.3 Å². The van der Waals surface area contributed by atoms with Crippen LogP contribution in [0.3, 0.4) is 0 Å². The summed E-state index contributed by atoms with van der Waals surface area (Å²) in [5, 5.41) is 16.3. The summed E-state index contributed by atoms with van der Waals surface area (Å²) in [6.07, 6.45) is 2.50. The van der Waals surface area contributed by atoms with E-state index in [4.69, 9.17) is 4.74 Å². The Labute approximate surface area is 185 Å². The summed E-state index contributed by atoms with van der Waals surface area (Å²) in [7, 11) is 1.57. The predicted octanol–water partition coefficient (Wildman–Crippen LogP) is 3.56. The van der Waals surface area contributed by atoms with Gasteiger partial charge in [0.05, 0.1) is 12.7 Å². The molecule has 1 aliphatic rings. The molecule has 7 nitrogen and oxygen atoms in total. The number of anilines is 2. The van der Waals surface area contributed by atoms with Gasteiger partial charge in [0.2, 0.25) is 0 Å². The summed E-state index contributed by atoms with van der Waals surface area (Å²) in [6.45, 7) is 2.19. The third-order valence-corrected chi connectivity index (χ3v) is 5.50. The topological polar surface area (TPSA) is 86.7 Å². The van der Waals surface area contributed by atoms with Crippen LogP contribution in [0.15, 0.2) is 60.8 Å². The normalized spacial score (nSPS) is 15.6. The number of hydrogen-bond acceptors (Lipinski definition) is 6. The molecule has 1 aliphatic heterocycles. The number of rotatable bonds is 7. The van der Waals surface area contributed by atoms with E-state index in [1.165, 1.54) is 24.3 Å². The molecule has 0 spiro atoms. The van der Waals surface area contributed by atoms with Crippen LogP contribution in [0.2, 0.25) is 0 Å². The third-order valence-electron chi connectivity index (χ3n) is 5.50. The van der Waals surface area contributed by atoms with Crippen molar-refractivity contribution in [3.8, 4) is 11.5 Å². The van der Waals surface area contributed by atoms with Crippen LogP contribution in [-0.2, 0) is 6.54 Å². The highest BCUT2D eigenvalue weighted by molar-refractivity contribution is 6.04. The zero-order valence-electron chi connectivity index (χ0n) is 17.7. The summed E-state index contributed by atoms with van der Waals surface area (Å²) >= 11 is 0. The molecule has 166 valence electrons. The first-order valence-corrected chi connectivity index (χ1v) is 10.4. The highest BCUT2D eigenvalue weighted by Gasteiger charge is 2.23. The van der Waals surface area contributed by atoms with Gasteiger partial charge in [-0.2, -0.15) is 0 Å². The maximum absolute atomic E-state index is 13.0. The Morgan fingerprint density at radius 3 is 2.72 bits per heavy atom. The van der Waals surface area contributed by atoms with E-state index < -0.39 is 0 Å². The molecule has 3 N–H and O–H groups in total. The molecule has 0 saturated carbocycles. The van der Waals surface area contributed by atoms with Gasteiger partial charge in [-0.25, -0.2) is 9.37 Å². The predicted molar refractivity (Wildman–Crippen MR) is 121 cm³/mol. The van der Waals surface area contributed by atoms with Gasteiger partial charge < -0.3 is 25.4 Å². The van der Waals surface area contributed by atoms with Crippen LogP contribution in [0, 0.1) is 5.82 Å². The molecule has 2 heterocycles. The third kappa shape index (κ3) is 5.15. The molecule has 8 heteroatoms. The molecule has 1 atom stereocenters. The van der Waals surface area contributed by atoms with Crippen molar-refractivity contribution >= 4 is 17.4 Å². The largest absolute Gasteiger partial charge is 0.507 e. The van der Waals surface area contributed by atoms with Crippen LogP contribution in [-0.4, -0.2) is 42.2 Å². The van der Waals surface area contributed by atoms with Gasteiger partial charge >= 0.3 is 0 Å². The number of pyridine rings is 1. The monoisotopic (exact) mass is 436 g/mol. The number of methoxy groups -OCH3 is 1. The van der Waals surface area contributed by atoms with E-state index in [2.05, 4.69) is 20.5 Å². The lowest BCUT2D eigenvalue weighted by molar-refractivity contribution is 0.102. The molecule has 0 bridgehead atoms. The first-order valence-electron chi connectivity index (χ1n) is 10.4. The maximum Gasteiger partial charge on any atom is 0.257 e. The van der Waals surface area contributed by atoms with E-state index in [0.717, 1.165) is 30.9 Å². The lowest BCUT2D eigenvalue weighted by Crippen LogP contribution is -2.32. The summed E-state index contributed by atoms with van der Waals surface area (Å²) in [5.41, 5.74) is 1.78. The summed E-state index contributed by atoms with van der Waals surface area (Å²) < 4.78 is 18.1. The van der Waals surface area contributed by atoms with Gasteiger partial charge in [-0.05, 0) is 48.9 Å². The van der Waals surface area contributed by atoms with Crippen LogP contribution in [0.4, 0.5) is 15.9 Å². The molecule has 2 aromatic carbocycles. The second-order valence-electron chi connectivity index (χ2n) is 7.67. The number of hydrogen-bond donors (Lipinski definition) is 3. The van der Waals surface area contributed by atoms with E-state index in [1.807, 2.05) is 18.2 Å². The van der Waals surface area contributed by atoms with Crippen molar-refractivity contribution < 1.29 is 19.0 Å². The molecule has 0 unspecified atom stereocenters. The lowest BCUT2D eigenvalue weighted by Gasteiger charge is -2.18. The minimum atomic E-state index is -0.353. The number of carbonyl (C=O) groups excluding carboxylic acids is 1. The molecule has 1 aromatic heterocycles. The Hall–Kier alpha value is -3.65. The number of halogens is 1. The molecule has 1 saturated heterocycles. The second kappa shape index (κ2) is 9.65. The first kappa shape index (κ1) is 21.6. The molecule has 1 amide bonds. The van der Waals surface area contributed by atoms with Crippen molar-refractivity contribution in [2.45, 2.75) is 19.0 Å². The van der Waals surface area contributed by atoms with Crippen LogP contribution in [0.5, 0.6) is 11.5 Å². The molecular weight excluding hydrogens is 411 g/mol. The van der Waals surface area contributed by atoms with Crippen molar-refractivity contribution in [3.63, 3.8) is 0 Å². The quantitative estimate of drug-likeness (QED) is 0.525. The fraction of sp³-hybridized carbons (Fsp3) is 0.250. The molecule has 4 rings (SSSR count). The molecular formula is C24H25FN4O3. The molecule has 1 fully saturated rings. The number of benzene rings is 2. The van der Waals surface area contributed by atoms with Gasteiger partial charge in [0.1, 0.15) is 23.1 Å². The highest BCUT2D eigenvalue weighted by Crippen LogP contribution is 2.24. The van der Waals surface area contributed by atoms with Crippen molar-refractivity contribution in [1.29, 1.82) is 0 Å². The zero-order valence-corrected chi connectivity index (χ0v) is 17.7. The Morgan fingerprint density at radius 2 is 2.03 bits per heavy atom. The summed E-state index contributed by atoms with van der Waals surface area (Å²) in [6, 6.07) is 14.7. The van der Waals surface area contributed by atoms with E-state index in [-0.39, 0.29) is 23.5 Å². The van der Waals surface area contributed by atoms with Crippen LogP contribution in [0.1, 0.15) is 22.3 Å². The second-order valence-corrected chi connectivity index (χ2v) is 7.67. The maximum atomic E-state index is 13.0. The Kier molecular flexibility index (Phi) is 6.51. The van der Waals surface area contributed by atoms with E-state index in [9.17, 15) is 14.3 Å². The molecule has 32 heavy (non-hydrogen) atoms. The number of carbonyl (C=O) groups is 1. The minimum Gasteiger partial charge on any atom is -0.507 e. The van der Waals surface area contributed by atoms with Crippen molar-refractivity contribution in [1.82, 2.24) is 10.3 Å².